The van der Waals surface area contributed by atoms with Crippen molar-refractivity contribution in [1.82, 2.24) is 0 Å². The van der Waals surface area contributed by atoms with Crippen molar-refractivity contribution in [2.24, 2.45) is 0 Å². The monoisotopic (exact) mass is 822 g/mol. The summed E-state index contributed by atoms with van der Waals surface area (Å²) < 4.78 is 104. The van der Waals surface area contributed by atoms with Crippen molar-refractivity contribution in [1.29, 1.82) is 0 Å². The molecule has 0 heterocycles. The zero-order chi connectivity index (χ0) is 30.6. The second-order valence-corrected chi connectivity index (χ2v) is 12.1. The van der Waals surface area contributed by atoms with Gasteiger partial charge < -0.3 is 14.2 Å². The Morgan fingerprint density at radius 1 is 0.854 bits per heavy atom. The van der Waals surface area contributed by atoms with Gasteiger partial charge in [0.25, 0.3) is 0 Å². The van der Waals surface area contributed by atoms with Crippen molar-refractivity contribution in [2.75, 3.05) is 13.2 Å². The smallest absolute Gasteiger partial charge is 0.343 e. The third kappa shape index (κ3) is 7.66. The minimum absolute atomic E-state index is 0.0540. The van der Waals surface area contributed by atoms with Gasteiger partial charge in [0, 0.05) is 0 Å². The number of ether oxygens (including phenoxy) is 3. The van der Waals surface area contributed by atoms with Crippen LogP contribution in [0.3, 0.4) is 0 Å². The molecular formula is C26H20F4I2O8S. The molecule has 0 aliphatic rings. The molecule has 1 atom stereocenters. The molecule has 0 saturated heterocycles. The lowest BCUT2D eigenvalue weighted by Gasteiger charge is -2.14. The normalized spacial score (nSPS) is 12.1. The van der Waals surface area contributed by atoms with Crippen molar-refractivity contribution < 1.29 is 54.3 Å². The van der Waals surface area contributed by atoms with Gasteiger partial charge in [-0.1, -0.05) is 26.0 Å². The quantitative estimate of drug-likeness (QED) is 0.0459. The van der Waals surface area contributed by atoms with Gasteiger partial charge in [0.05, 0.1) is 18.3 Å². The summed E-state index contributed by atoms with van der Waals surface area (Å²) in [5.74, 6) is -12.8. The van der Waals surface area contributed by atoms with Crippen LogP contribution in [-0.4, -0.2) is 38.1 Å². The molecule has 8 nitrogen and oxygen atoms in total. The first-order valence-corrected chi connectivity index (χ1v) is 15.2. The molecule has 0 fully saturated rings. The van der Waals surface area contributed by atoms with Crippen LogP contribution >= 0.6 is 45.2 Å². The molecule has 15 heteroatoms. The van der Waals surface area contributed by atoms with Gasteiger partial charge in [0.1, 0.15) is 19.0 Å². The molecule has 0 amide bonds. The fourth-order valence-corrected chi connectivity index (χ4v) is 6.13. The van der Waals surface area contributed by atoms with E-state index in [9.17, 15) is 35.6 Å². The van der Waals surface area contributed by atoms with Crippen molar-refractivity contribution in [2.45, 2.75) is 31.1 Å². The fraction of sp³-hybridized carbons (Fsp3) is 0.231. The average Bonchev–Trinajstić information content (AvgIpc) is 2.92. The van der Waals surface area contributed by atoms with Crippen LogP contribution in [0, 0.1) is 30.4 Å². The highest BCUT2D eigenvalue weighted by Crippen LogP contribution is 2.34. The molecular weight excluding hydrogens is 802 g/mol. The molecule has 0 spiro atoms. The zero-order valence-corrected chi connectivity index (χ0v) is 26.3. The number of halogens is 6. The van der Waals surface area contributed by atoms with Crippen LogP contribution < -0.4 is 9.47 Å². The third-order valence-electron chi connectivity index (χ3n) is 5.76. The van der Waals surface area contributed by atoms with E-state index in [1.54, 1.807) is 57.3 Å². The highest BCUT2D eigenvalue weighted by molar-refractivity contribution is 14.1. The standard InChI is InChI=1S/C26H20F4I2O8S/c1-3-12(2)13-4-6-14(7-5-13)25(33)39-9-8-38-22-16(31)10-15(11-17(22)32)26(34)40-23-18(27)20(29)24(41(35,36)37)21(30)19(23)28/h4-7,10-12H,3,8-9H2,1-2H3,(H,35,36,37). The molecule has 1 N–H and O–H groups in total. The molecule has 0 aliphatic carbocycles. The maximum atomic E-state index is 14.2. The Kier molecular flexibility index (Phi) is 11.0. The Hall–Kier alpha value is -2.51. The number of benzene rings is 3. The van der Waals surface area contributed by atoms with Crippen LogP contribution in [0.5, 0.6) is 11.5 Å². The summed E-state index contributed by atoms with van der Waals surface area (Å²) in [6.07, 6.45) is 0.964. The van der Waals surface area contributed by atoms with E-state index in [0.717, 1.165) is 12.0 Å². The first kappa shape index (κ1) is 33.0. The lowest BCUT2D eigenvalue weighted by atomic mass is 9.98. The van der Waals surface area contributed by atoms with Crippen LogP contribution in [0.4, 0.5) is 17.6 Å². The minimum atomic E-state index is -5.67. The van der Waals surface area contributed by atoms with Crippen LogP contribution in [0.2, 0.25) is 0 Å². The summed E-state index contributed by atoms with van der Waals surface area (Å²) in [5, 5.41) is 0. The summed E-state index contributed by atoms with van der Waals surface area (Å²) in [4.78, 5) is 22.5. The number of carbonyl (C=O) groups is 2. The molecule has 0 radical (unpaired) electrons. The Labute approximate surface area is 259 Å². The van der Waals surface area contributed by atoms with E-state index in [-0.39, 0.29) is 24.5 Å². The van der Waals surface area contributed by atoms with E-state index in [2.05, 4.69) is 18.6 Å². The summed E-state index contributed by atoms with van der Waals surface area (Å²) in [7, 11) is -5.67. The largest absolute Gasteiger partial charge is 0.488 e. The second kappa shape index (κ2) is 13.6. The van der Waals surface area contributed by atoms with Crippen molar-refractivity contribution in [3.63, 3.8) is 0 Å². The molecule has 220 valence electrons. The van der Waals surface area contributed by atoms with Crippen molar-refractivity contribution in [3.05, 3.63) is 83.5 Å². The maximum Gasteiger partial charge on any atom is 0.343 e. The highest BCUT2D eigenvalue weighted by Gasteiger charge is 2.34. The molecule has 0 aromatic heterocycles. The number of hydrogen-bond acceptors (Lipinski definition) is 7. The average molecular weight is 822 g/mol. The van der Waals surface area contributed by atoms with Gasteiger partial charge >= 0.3 is 22.1 Å². The molecule has 0 aliphatic heterocycles. The molecule has 3 aromatic carbocycles. The Morgan fingerprint density at radius 3 is 1.88 bits per heavy atom. The number of carbonyl (C=O) groups excluding carboxylic acids is 2. The van der Waals surface area contributed by atoms with Gasteiger partial charge in [-0.2, -0.15) is 17.2 Å². The van der Waals surface area contributed by atoms with Gasteiger partial charge in [-0.25, -0.2) is 18.4 Å². The topological polar surface area (TPSA) is 116 Å². The molecule has 1 unspecified atom stereocenters. The van der Waals surface area contributed by atoms with E-state index >= 15 is 0 Å². The lowest BCUT2D eigenvalue weighted by molar-refractivity contribution is 0.0449. The van der Waals surface area contributed by atoms with Gasteiger partial charge in [-0.15, -0.1) is 0 Å². The molecule has 3 aromatic rings. The molecule has 3 rings (SSSR count). The highest BCUT2D eigenvalue weighted by atomic mass is 127. The third-order valence-corrected chi connectivity index (χ3v) is 8.24. The first-order chi connectivity index (χ1) is 19.2. The second-order valence-electron chi connectivity index (χ2n) is 8.46. The predicted molar refractivity (Wildman–Crippen MR) is 154 cm³/mol. The van der Waals surface area contributed by atoms with Crippen LogP contribution in [-0.2, 0) is 14.9 Å². The van der Waals surface area contributed by atoms with Gasteiger partial charge in [0.2, 0.25) is 17.4 Å². The van der Waals surface area contributed by atoms with E-state index in [4.69, 9.17) is 14.0 Å². The van der Waals surface area contributed by atoms with Gasteiger partial charge in [-0.05, 0) is 87.3 Å². The van der Waals surface area contributed by atoms with E-state index in [0.29, 0.717) is 18.6 Å². The SMILES string of the molecule is CCC(C)c1ccc(C(=O)OCCOc2c(I)cc(C(=O)Oc3c(F)c(F)c(S(=O)(=O)O)c(F)c3F)cc2I)cc1. The Bertz CT molecular complexity index is 1550. The summed E-state index contributed by atoms with van der Waals surface area (Å²) in [6.45, 7) is 4.00. The fourth-order valence-electron chi connectivity index (χ4n) is 3.42. The van der Waals surface area contributed by atoms with E-state index in [1.807, 2.05) is 12.1 Å². The maximum absolute atomic E-state index is 14.2. The molecule has 0 bridgehead atoms. The van der Waals surface area contributed by atoms with Gasteiger partial charge in [-0.3, -0.25) is 4.55 Å². The molecule has 41 heavy (non-hydrogen) atoms. The molecule has 0 saturated carbocycles. The first-order valence-electron chi connectivity index (χ1n) is 11.6. The van der Waals surface area contributed by atoms with Gasteiger partial charge in [0.15, 0.2) is 16.5 Å². The summed E-state index contributed by atoms with van der Waals surface area (Å²) >= 11 is 3.58. The number of hydrogen-bond donors (Lipinski definition) is 1. The Balaban J connectivity index is 1.67. The van der Waals surface area contributed by atoms with Crippen molar-refractivity contribution in [3.8, 4) is 11.5 Å². The zero-order valence-electron chi connectivity index (χ0n) is 21.1. The van der Waals surface area contributed by atoms with Crippen LogP contribution in [0.15, 0.2) is 41.3 Å². The minimum Gasteiger partial charge on any atom is -0.488 e. The summed E-state index contributed by atoms with van der Waals surface area (Å²) in [6, 6.07) is 9.47. The predicted octanol–water partition coefficient (Wildman–Crippen LogP) is 6.67. The lowest BCUT2D eigenvalue weighted by Crippen LogP contribution is -2.16. The van der Waals surface area contributed by atoms with E-state index < -0.39 is 56.0 Å². The number of rotatable bonds is 10. The number of esters is 2. The summed E-state index contributed by atoms with van der Waals surface area (Å²) in [5.41, 5.74) is 1.19. The van der Waals surface area contributed by atoms with Crippen LogP contribution in [0.1, 0.15) is 52.5 Å². The Morgan fingerprint density at radius 2 is 1.39 bits per heavy atom. The van der Waals surface area contributed by atoms with E-state index in [1.165, 1.54) is 12.1 Å². The van der Waals surface area contributed by atoms with Crippen LogP contribution in [0.25, 0.3) is 0 Å². The van der Waals surface area contributed by atoms with Crippen molar-refractivity contribution >= 4 is 67.2 Å².